The number of carbonyl (C=O) groups is 2. The molecule has 0 saturated carbocycles. The lowest BCUT2D eigenvalue weighted by atomic mass is 10.0. The first-order chi connectivity index (χ1) is 32.0. The molecule has 6 heteroatoms. The number of nitrogens with one attached hydrogen (secondary N) is 1. The molecule has 2 atom stereocenters. The van der Waals surface area contributed by atoms with Gasteiger partial charge in [-0.1, -0.05) is 276 Å². The SMILES string of the molecule is CCCCCCCCC/C=C\CCCCCCCC(=O)OCCCCCCCCCCCCCCCCCCC(=O)NC(CO)C(O)CCCCCCCCCCCCCCCCCC. The minimum absolute atomic E-state index is 0.00343. The zero-order valence-corrected chi connectivity index (χ0v) is 44.0. The quantitative estimate of drug-likeness (QED) is 0.0321. The van der Waals surface area contributed by atoms with Crippen molar-refractivity contribution < 1.29 is 24.5 Å². The number of esters is 1. The van der Waals surface area contributed by atoms with Crippen LogP contribution in [0, 0.1) is 0 Å². The molecule has 1 amide bonds. The highest BCUT2D eigenvalue weighted by atomic mass is 16.5. The molecular weight excluding hydrogens is 803 g/mol. The zero-order chi connectivity index (χ0) is 47.2. The van der Waals surface area contributed by atoms with E-state index >= 15 is 0 Å². The van der Waals surface area contributed by atoms with Gasteiger partial charge in [-0.25, -0.2) is 0 Å². The van der Waals surface area contributed by atoms with Gasteiger partial charge in [0, 0.05) is 12.8 Å². The second kappa shape index (κ2) is 55.2. The first-order valence-corrected chi connectivity index (χ1v) is 29.4. The van der Waals surface area contributed by atoms with Crippen LogP contribution in [-0.2, 0) is 14.3 Å². The zero-order valence-electron chi connectivity index (χ0n) is 44.0. The minimum Gasteiger partial charge on any atom is -0.466 e. The van der Waals surface area contributed by atoms with Gasteiger partial charge in [0.25, 0.3) is 0 Å². The molecule has 3 N–H and O–H groups in total. The van der Waals surface area contributed by atoms with Crippen molar-refractivity contribution in [1.29, 1.82) is 0 Å². The van der Waals surface area contributed by atoms with Crippen LogP contribution >= 0.6 is 0 Å². The standard InChI is InChI=1S/C59H115NO5/c1-3-5-7-9-11-13-15-17-19-23-27-31-35-39-43-47-51-57(62)56(55-61)60-58(63)52-48-44-40-36-32-28-24-21-22-26-30-34-38-42-46-50-54-65-59(64)53-49-45-41-37-33-29-25-20-18-16-14-12-10-8-6-4-2/h20,25,56-57,61-62H,3-19,21-24,26-55H2,1-2H3,(H,60,63)/b25-20-. The fourth-order valence-electron chi connectivity index (χ4n) is 9.28. The summed E-state index contributed by atoms with van der Waals surface area (Å²) in [5.41, 5.74) is 0. The molecule has 6 nitrogen and oxygen atoms in total. The van der Waals surface area contributed by atoms with Crippen LogP contribution in [0.2, 0.25) is 0 Å². The number of rotatable bonds is 55. The summed E-state index contributed by atoms with van der Waals surface area (Å²) >= 11 is 0. The summed E-state index contributed by atoms with van der Waals surface area (Å²) in [4.78, 5) is 24.5. The van der Waals surface area contributed by atoms with Crippen LogP contribution in [0.4, 0.5) is 0 Å². The fourth-order valence-corrected chi connectivity index (χ4v) is 9.28. The van der Waals surface area contributed by atoms with Gasteiger partial charge in [0.05, 0.1) is 25.4 Å². The smallest absolute Gasteiger partial charge is 0.305 e. The van der Waals surface area contributed by atoms with Gasteiger partial charge < -0.3 is 20.3 Å². The van der Waals surface area contributed by atoms with Crippen molar-refractivity contribution in [3.63, 3.8) is 0 Å². The van der Waals surface area contributed by atoms with Crippen LogP contribution in [0.25, 0.3) is 0 Å². The Hall–Kier alpha value is -1.40. The van der Waals surface area contributed by atoms with Crippen molar-refractivity contribution in [1.82, 2.24) is 5.32 Å². The Morgan fingerprint density at radius 1 is 0.415 bits per heavy atom. The van der Waals surface area contributed by atoms with E-state index in [0.717, 1.165) is 44.9 Å². The van der Waals surface area contributed by atoms with Gasteiger partial charge in [-0.05, 0) is 51.4 Å². The van der Waals surface area contributed by atoms with E-state index in [2.05, 4.69) is 31.3 Å². The summed E-state index contributed by atoms with van der Waals surface area (Å²) in [5.74, 6) is -0.0430. The number of hydrogen-bond donors (Lipinski definition) is 3. The van der Waals surface area contributed by atoms with Crippen LogP contribution < -0.4 is 5.32 Å². The Bertz CT molecular complexity index is 970. The van der Waals surface area contributed by atoms with Crippen LogP contribution in [0.3, 0.4) is 0 Å². The maximum Gasteiger partial charge on any atom is 0.305 e. The van der Waals surface area contributed by atoms with E-state index < -0.39 is 12.1 Å². The van der Waals surface area contributed by atoms with Gasteiger partial charge in [-0.2, -0.15) is 0 Å². The third kappa shape index (κ3) is 51.8. The summed E-state index contributed by atoms with van der Waals surface area (Å²) < 4.78 is 5.48. The predicted octanol–water partition coefficient (Wildman–Crippen LogP) is 18.1. The summed E-state index contributed by atoms with van der Waals surface area (Å²) in [6, 6.07) is -0.546. The van der Waals surface area contributed by atoms with Gasteiger partial charge >= 0.3 is 5.97 Å². The van der Waals surface area contributed by atoms with Gasteiger partial charge in [-0.15, -0.1) is 0 Å². The number of hydrogen-bond acceptors (Lipinski definition) is 5. The number of unbranched alkanes of at least 4 members (excludes halogenated alkanes) is 42. The highest BCUT2D eigenvalue weighted by molar-refractivity contribution is 5.76. The first kappa shape index (κ1) is 63.6. The van der Waals surface area contributed by atoms with E-state index in [0.29, 0.717) is 25.9 Å². The second-order valence-corrected chi connectivity index (χ2v) is 20.3. The lowest BCUT2D eigenvalue weighted by Gasteiger charge is -2.22. The van der Waals surface area contributed by atoms with Crippen molar-refractivity contribution in [2.24, 2.45) is 0 Å². The topological polar surface area (TPSA) is 95.9 Å². The Morgan fingerprint density at radius 2 is 0.723 bits per heavy atom. The fraction of sp³-hybridized carbons (Fsp3) is 0.932. The van der Waals surface area contributed by atoms with Gasteiger partial charge in [0.15, 0.2) is 0 Å². The molecule has 0 fully saturated rings. The number of amides is 1. The molecule has 0 aromatic heterocycles. The summed E-state index contributed by atoms with van der Waals surface area (Å²) in [5, 5.41) is 23.3. The molecule has 0 saturated heterocycles. The van der Waals surface area contributed by atoms with Crippen LogP contribution in [0.15, 0.2) is 12.2 Å². The molecule has 0 bridgehead atoms. The number of carbonyl (C=O) groups excluding carboxylic acids is 2. The Balaban J connectivity index is 3.41. The van der Waals surface area contributed by atoms with E-state index in [4.69, 9.17) is 4.74 Å². The minimum atomic E-state index is -0.668. The third-order valence-corrected chi connectivity index (χ3v) is 13.8. The summed E-state index contributed by atoms with van der Waals surface area (Å²) in [6.45, 7) is 4.95. The van der Waals surface area contributed by atoms with E-state index in [9.17, 15) is 19.8 Å². The summed E-state index contributed by atoms with van der Waals surface area (Å²) in [6.07, 6.45) is 64.8. The van der Waals surface area contributed by atoms with Crippen molar-refractivity contribution in [3.05, 3.63) is 12.2 Å². The van der Waals surface area contributed by atoms with Crippen molar-refractivity contribution in [2.75, 3.05) is 13.2 Å². The number of ether oxygens (including phenoxy) is 1. The van der Waals surface area contributed by atoms with Gasteiger partial charge in [0.2, 0.25) is 5.91 Å². The summed E-state index contributed by atoms with van der Waals surface area (Å²) in [7, 11) is 0. The maximum atomic E-state index is 12.5. The normalized spacial score (nSPS) is 12.6. The average molecular weight is 919 g/mol. The third-order valence-electron chi connectivity index (χ3n) is 13.8. The maximum absolute atomic E-state index is 12.5. The molecule has 0 aliphatic carbocycles. The number of aliphatic hydroxyl groups excluding tert-OH is 2. The molecule has 0 spiro atoms. The van der Waals surface area contributed by atoms with Crippen molar-refractivity contribution in [2.45, 2.75) is 341 Å². The first-order valence-electron chi connectivity index (χ1n) is 29.4. The van der Waals surface area contributed by atoms with Gasteiger partial charge in [0.1, 0.15) is 0 Å². The number of allylic oxidation sites excluding steroid dienone is 2. The molecule has 65 heavy (non-hydrogen) atoms. The molecule has 0 aliphatic rings. The lowest BCUT2D eigenvalue weighted by molar-refractivity contribution is -0.143. The highest BCUT2D eigenvalue weighted by Crippen LogP contribution is 2.18. The average Bonchev–Trinajstić information content (AvgIpc) is 3.31. The highest BCUT2D eigenvalue weighted by Gasteiger charge is 2.20. The van der Waals surface area contributed by atoms with Crippen LogP contribution in [0.1, 0.15) is 328 Å². The Kier molecular flexibility index (Phi) is 54.0. The van der Waals surface area contributed by atoms with E-state index in [1.807, 2.05) is 0 Å². The number of aliphatic hydroxyl groups is 2. The molecular formula is C59H115NO5. The van der Waals surface area contributed by atoms with Crippen LogP contribution in [-0.4, -0.2) is 47.4 Å². The molecule has 386 valence electrons. The second-order valence-electron chi connectivity index (χ2n) is 20.3. The molecule has 2 unspecified atom stereocenters. The van der Waals surface area contributed by atoms with Crippen molar-refractivity contribution in [3.8, 4) is 0 Å². The Labute approximate surface area is 406 Å². The Morgan fingerprint density at radius 3 is 1.09 bits per heavy atom. The molecule has 0 rings (SSSR count). The largest absolute Gasteiger partial charge is 0.466 e. The van der Waals surface area contributed by atoms with E-state index in [1.54, 1.807) is 0 Å². The molecule has 0 aromatic carbocycles. The van der Waals surface area contributed by atoms with Crippen LogP contribution in [0.5, 0.6) is 0 Å². The molecule has 0 radical (unpaired) electrons. The molecule has 0 aromatic rings. The van der Waals surface area contributed by atoms with Gasteiger partial charge in [-0.3, -0.25) is 9.59 Å². The molecule has 0 aliphatic heterocycles. The predicted molar refractivity (Wildman–Crippen MR) is 283 cm³/mol. The lowest BCUT2D eigenvalue weighted by Crippen LogP contribution is -2.45. The molecule has 0 heterocycles. The van der Waals surface area contributed by atoms with E-state index in [1.165, 1.54) is 250 Å². The van der Waals surface area contributed by atoms with E-state index in [-0.39, 0.29) is 18.5 Å². The monoisotopic (exact) mass is 918 g/mol. The van der Waals surface area contributed by atoms with Crippen molar-refractivity contribution >= 4 is 11.9 Å².